The molecule has 1 fully saturated rings. The molecule has 0 unspecified atom stereocenters. The van der Waals surface area contributed by atoms with Crippen LogP contribution >= 0.6 is 0 Å². The Morgan fingerprint density at radius 2 is 1.88 bits per heavy atom. The number of hydrogen-bond donors (Lipinski definition) is 1. The third-order valence-corrected chi connectivity index (χ3v) is 5.64. The number of nitrogens with zero attached hydrogens (tertiary/aromatic N) is 3. The average molecular weight is 359 g/mol. The molecule has 26 heavy (non-hydrogen) atoms. The molecule has 1 aromatic heterocycles. The van der Waals surface area contributed by atoms with Crippen molar-refractivity contribution in [2.24, 2.45) is 0 Å². The van der Waals surface area contributed by atoms with E-state index in [2.05, 4.69) is 35.5 Å². The highest BCUT2D eigenvalue weighted by Gasteiger charge is 2.32. The molecule has 5 heteroatoms. The van der Waals surface area contributed by atoms with Crippen LogP contribution in [0.4, 0.5) is 4.39 Å². The van der Waals surface area contributed by atoms with Gasteiger partial charge in [0.25, 0.3) is 0 Å². The summed E-state index contributed by atoms with van der Waals surface area (Å²) in [6, 6.07) is 6.30. The quantitative estimate of drug-likeness (QED) is 0.880. The van der Waals surface area contributed by atoms with Gasteiger partial charge < -0.3 is 5.11 Å². The van der Waals surface area contributed by atoms with Crippen LogP contribution in [0.1, 0.15) is 55.1 Å². The van der Waals surface area contributed by atoms with E-state index in [-0.39, 0.29) is 5.82 Å². The largest absolute Gasteiger partial charge is 0.385 e. The van der Waals surface area contributed by atoms with E-state index in [0.29, 0.717) is 12.8 Å². The summed E-state index contributed by atoms with van der Waals surface area (Å²) in [7, 11) is 0. The second kappa shape index (κ2) is 7.89. The van der Waals surface area contributed by atoms with Gasteiger partial charge >= 0.3 is 0 Å². The number of benzene rings is 1. The fourth-order valence-electron chi connectivity index (χ4n) is 4.00. The van der Waals surface area contributed by atoms with Crippen LogP contribution < -0.4 is 0 Å². The van der Waals surface area contributed by atoms with Crippen molar-refractivity contribution in [1.29, 1.82) is 0 Å². The van der Waals surface area contributed by atoms with Gasteiger partial charge in [-0.25, -0.2) is 4.39 Å². The number of aromatic nitrogens is 2. The third kappa shape index (κ3) is 3.99. The van der Waals surface area contributed by atoms with E-state index >= 15 is 0 Å². The summed E-state index contributed by atoms with van der Waals surface area (Å²) in [5.41, 5.74) is 3.63. The summed E-state index contributed by atoms with van der Waals surface area (Å²) in [5.74, 6) is -0.261. The summed E-state index contributed by atoms with van der Waals surface area (Å²) in [5, 5.41) is 15.8. The molecule has 4 nitrogen and oxygen atoms in total. The molecule has 0 saturated carbocycles. The Balaban J connectivity index is 1.70. The SMILES string of the molecule is CCCn1nc(C)c(CN2CCC[C@](O)(c3ccc(F)cc3)CC2)c1C. The zero-order valence-electron chi connectivity index (χ0n) is 16.1. The van der Waals surface area contributed by atoms with Crippen molar-refractivity contribution in [3.8, 4) is 0 Å². The fraction of sp³-hybridized carbons (Fsp3) is 0.571. The van der Waals surface area contributed by atoms with Crippen LogP contribution in [0, 0.1) is 19.7 Å². The minimum atomic E-state index is -0.862. The molecule has 0 bridgehead atoms. The van der Waals surface area contributed by atoms with Crippen LogP contribution in [-0.4, -0.2) is 32.9 Å². The molecular formula is C21H30FN3O. The minimum Gasteiger partial charge on any atom is -0.385 e. The lowest BCUT2D eigenvalue weighted by Crippen LogP contribution is -2.29. The molecule has 0 spiro atoms. The molecule has 1 aliphatic heterocycles. The van der Waals surface area contributed by atoms with E-state index in [1.54, 1.807) is 12.1 Å². The highest BCUT2D eigenvalue weighted by Crippen LogP contribution is 2.33. The second-order valence-electron chi connectivity index (χ2n) is 7.54. The van der Waals surface area contributed by atoms with E-state index < -0.39 is 5.60 Å². The zero-order valence-corrected chi connectivity index (χ0v) is 16.1. The number of halogens is 1. The van der Waals surface area contributed by atoms with Crippen LogP contribution in [0.2, 0.25) is 0 Å². The molecule has 0 aliphatic carbocycles. The van der Waals surface area contributed by atoms with Crippen molar-refractivity contribution in [2.75, 3.05) is 13.1 Å². The zero-order chi connectivity index (χ0) is 18.7. The summed E-state index contributed by atoms with van der Waals surface area (Å²) < 4.78 is 15.3. The first-order chi connectivity index (χ1) is 12.4. The van der Waals surface area contributed by atoms with Crippen LogP contribution in [0.3, 0.4) is 0 Å². The van der Waals surface area contributed by atoms with Gasteiger partial charge in [0.2, 0.25) is 0 Å². The number of hydrogen-bond acceptors (Lipinski definition) is 3. The standard InChI is InChI=1S/C21H30FN3O/c1-4-12-25-17(3)20(16(2)23-25)15-24-13-5-10-21(26,11-14-24)18-6-8-19(22)9-7-18/h6-9,26H,4-5,10-15H2,1-3H3/t21-/m1/s1. The Morgan fingerprint density at radius 3 is 2.58 bits per heavy atom. The lowest BCUT2D eigenvalue weighted by molar-refractivity contribution is 0.0209. The van der Waals surface area contributed by atoms with E-state index in [0.717, 1.165) is 50.3 Å². The average Bonchev–Trinajstić information content (AvgIpc) is 2.77. The molecule has 0 amide bonds. The van der Waals surface area contributed by atoms with Gasteiger partial charge in [-0.15, -0.1) is 0 Å². The second-order valence-corrected chi connectivity index (χ2v) is 7.54. The van der Waals surface area contributed by atoms with Crippen LogP contribution in [0.25, 0.3) is 0 Å². The molecule has 1 aromatic carbocycles. The van der Waals surface area contributed by atoms with Gasteiger partial charge in [-0.3, -0.25) is 9.58 Å². The van der Waals surface area contributed by atoms with Gasteiger partial charge in [-0.2, -0.15) is 5.10 Å². The highest BCUT2D eigenvalue weighted by molar-refractivity contribution is 5.25. The first kappa shape index (κ1) is 19.1. The molecule has 2 aromatic rings. The van der Waals surface area contributed by atoms with Gasteiger partial charge in [-0.05, 0) is 63.8 Å². The van der Waals surface area contributed by atoms with Gasteiger partial charge in [0.1, 0.15) is 5.82 Å². The Hall–Kier alpha value is -1.72. The van der Waals surface area contributed by atoms with E-state index in [1.807, 2.05) is 0 Å². The molecular weight excluding hydrogens is 329 g/mol. The van der Waals surface area contributed by atoms with Crippen LogP contribution in [-0.2, 0) is 18.7 Å². The lowest BCUT2D eigenvalue weighted by Gasteiger charge is -2.27. The first-order valence-electron chi connectivity index (χ1n) is 9.66. The minimum absolute atomic E-state index is 0.261. The maximum absolute atomic E-state index is 13.2. The maximum atomic E-state index is 13.2. The van der Waals surface area contributed by atoms with Crippen molar-refractivity contribution in [3.63, 3.8) is 0 Å². The van der Waals surface area contributed by atoms with Crippen molar-refractivity contribution in [1.82, 2.24) is 14.7 Å². The number of likely N-dealkylation sites (tertiary alicyclic amines) is 1. The van der Waals surface area contributed by atoms with E-state index in [1.165, 1.54) is 23.4 Å². The lowest BCUT2D eigenvalue weighted by atomic mass is 9.87. The summed E-state index contributed by atoms with van der Waals surface area (Å²) in [4.78, 5) is 2.41. The predicted molar refractivity (Wildman–Crippen MR) is 101 cm³/mol. The molecule has 0 radical (unpaired) electrons. The maximum Gasteiger partial charge on any atom is 0.123 e. The molecule has 1 aliphatic rings. The fourth-order valence-corrected chi connectivity index (χ4v) is 4.00. The Bertz CT molecular complexity index is 740. The number of rotatable bonds is 5. The molecule has 1 saturated heterocycles. The van der Waals surface area contributed by atoms with Crippen molar-refractivity contribution in [2.45, 2.75) is 65.1 Å². The number of aryl methyl sites for hydroxylation is 2. The summed E-state index contributed by atoms with van der Waals surface area (Å²) >= 11 is 0. The molecule has 1 atom stereocenters. The Labute approximate surface area is 155 Å². The molecule has 2 heterocycles. The normalized spacial score (nSPS) is 21.7. The molecule has 1 N–H and O–H groups in total. The van der Waals surface area contributed by atoms with Crippen LogP contribution in [0.15, 0.2) is 24.3 Å². The first-order valence-corrected chi connectivity index (χ1v) is 9.66. The van der Waals surface area contributed by atoms with Gasteiger partial charge in [0, 0.05) is 30.9 Å². The highest BCUT2D eigenvalue weighted by atomic mass is 19.1. The summed E-state index contributed by atoms with van der Waals surface area (Å²) in [6.07, 6.45) is 3.38. The monoisotopic (exact) mass is 359 g/mol. The van der Waals surface area contributed by atoms with Gasteiger partial charge in [0.15, 0.2) is 0 Å². The van der Waals surface area contributed by atoms with Gasteiger partial charge in [-0.1, -0.05) is 19.1 Å². The predicted octanol–water partition coefficient (Wildman–Crippen LogP) is 3.92. The van der Waals surface area contributed by atoms with E-state index in [9.17, 15) is 9.50 Å². The smallest absolute Gasteiger partial charge is 0.123 e. The van der Waals surface area contributed by atoms with Crippen LogP contribution in [0.5, 0.6) is 0 Å². The summed E-state index contributed by atoms with van der Waals surface area (Å²) in [6.45, 7) is 10.0. The van der Waals surface area contributed by atoms with Crippen molar-refractivity contribution in [3.05, 3.63) is 52.6 Å². The van der Waals surface area contributed by atoms with Gasteiger partial charge in [0.05, 0.1) is 11.3 Å². The Kier molecular flexibility index (Phi) is 5.78. The Morgan fingerprint density at radius 1 is 1.15 bits per heavy atom. The molecule has 142 valence electrons. The van der Waals surface area contributed by atoms with Crippen molar-refractivity contribution >= 4 is 0 Å². The number of aliphatic hydroxyl groups is 1. The van der Waals surface area contributed by atoms with Crippen molar-refractivity contribution < 1.29 is 9.50 Å². The third-order valence-electron chi connectivity index (χ3n) is 5.64. The topological polar surface area (TPSA) is 41.3 Å². The van der Waals surface area contributed by atoms with E-state index in [4.69, 9.17) is 0 Å². The molecule has 3 rings (SSSR count).